The molecule has 1 rings (SSSR count). The van der Waals surface area contributed by atoms with Crippen LogP contribution in [0.1, 0.15) is 63.9 Å². The summed E-state index contributed by atoms with van der Waals surface area (Å²) in [5, 5.41) is 12.7. The Morgan fingerprint density at radius 1 is 1.10 bits per heavy atom. The van der Waals surface area contributed by atoms with Gasteiger partial charge < -0.3 is 10.4 Å². The normalized spacial score (nSPS) is 12.1. The highest BCUT2D eigenvalue weighted by Crippen LogP contribution is 2.10. The van der Waals surface area contributed by atoms with Crippen molar-refractivity contribution in [3.8, 4) is 0 Å². The van der Waals surface area contributed by atoms with Crippen LogP contribution in [0.15, 0.2) is 30.3 Å². The quantitative estimate of drug-likeness (QED) is 0.609. The highest BCUT2D eigenvalue weighted by molar-refractivity contribution is 5.75. The van der Waals surface area contributed by atoms with E-state index in [0.717, 1.165) is 18.4 Å². The predicted molar refractivity (Wildman–Crippen MR) is 86.9 cm³/mol. The van der Waals surface area contributed by atoms with Crippen molar-refractivity contribution in [3.05, 3.63) is 35.9 Å². The molecule has 0 aliphatic carbocycles. The Bertz CT molecular complexity index is 378. The first-order chi connectivity index (χ1) is 10.2. The average molecular weight is 291 g/mol. The number of nitrogens with one attached hydrogen (secondary N) is 1. The minimum Gasteiger partial charge on any atom is -0.393 e. The summed E-state index contributed by atoms with van der Waals surface area (Å²) in [6.45, 7) is 2.76. The molecule has 0 heterocycles. The summed E-state index contributed by atoms with van der Waals surface area (Å²) in [6, 6.07) is 9.87. The molecule has 3 nitrogen and oxygen atoms in total. The summed E-state index contributed by atoms with van der Waals surface area (Å²) in [6.07, 6.45) is 7.46. The van der Waals surface area contributed by atoms with Gasteiger partial charge in [0.05, 0.1) is 6.10 Å². The molecule has 1 atom stereocenters. The van der Waals surface area contributed by atoms with E-state index in [1.807, 2.05) is 30.3 Å². The number of carbonyl (C=O) groups excluding carboxylic acids is 1. The molecule has 1 aromatic rings. The molecule has 0 saturated carbocycles. The van der Waals surface area contributed by atoms with E-state index in [-0.39, 0.29) is 12.0 Å². The fourth-order valence-electron chi connectivity index (χ4n) is 2.31. The molecule has 2 N–H and O–H groups in total. The van der Waals surface area contributed by atoms with E-state index in [1.165, 1.54) is 25.7 Å². The molecule has 0 spiro atoms. The van der Waals surface area contributed by atoms with Crippen molar-refractivity contribution in [1.29, 1.82) is 0 Å². The number of aliphatic hydroxyl groups excluding tert-OH is 1. The number of carbonyl (C=O) groups is 1. The highest BCUT2D eigenvalue weighted by Gasteiger charge is 2.08. The van der Waals surface area contributed by atoms with E-state index in [4.69, 9.17) is 0 Å². The third-order valence-corrected chi connectivity index (χ3v) is 3.68. The number of aliphatic hydroxyl groups is 1. The van der Waals surface area contributed by atoms with Gasteiger partial charge in [-0.1, -0.05) is 69.4 Å². The van der Waals surface area contributed by atoms with Crippen molar-refractivity contribution in [2.45, 2.75) is 70.9 Å². The second-order valence-electron chi connectivity index (χ2n) is 5.66. The van der Waals surface area contributed by atoms with Crippen LogP contribution in [0.25, 0.3) is 0 Å². The average Bonchev–Trinajstić information content (AvgIpc) is 2.51. The first kappa shape index (κ1) is 17.7. The van der Waals surface area contributed by atoms with E-state index >= 15 is 0 Å². The van der Waals surface area contributed by atoms with E-state index in [1.54, 1.807) is 0 Å². The molecule has 3 heteroatoms. The predicted octanol–water partition coefficient (Wildman–Crippen LogP) is 3.80. The number of rotatable bonds is 11. The van der Waals surface area contributed by atoms with Crippen molar-refractivity contribution in [2.24, 2.45) is 0 Å². The maximum absolute atomic E-state index is 11.7. The van der Waals surface area contributed by atoms with Crippen LogP contribution in [0.2, 0.25) is 0 Å². The number of hydrogen-bond acceptors (Lipinski definition) is 2. The van der Waals surface area contributed by atoms with Gasteiger partial charge in [0.15, 0.2) is 0 Å². The van der Waals surface area contributed by atoms with Crippen LogP contribution in [-0.4, -0.2) is 17.1 Å². The Morgan fingerprint density at radius 2 is 1.81 bits per heavy atom. The van der Waals surface area contributed by atoms with Crippen LogP contribution in [0.3, 0.4) is 0 Å². The van der Waals surface area contributed by atoms with Gasteiger partial charge in [-0.05, 0) is 18.4 Å². The zero-order chi connectivity index (χ0) is 15.3. The zero-order valence-electron chi connectivity index (χ0n) is 13.2. The third kappa shape index (κ3) is 9.24. The van der Waals surface area contributed by atoms with Crippen LogP contribution in [0.5, 0.6) is 0 Å². The molecular weight excluding hydrogens is 262 g/mol. The van der Waals surface area contributed by atoms with Gasteiger partial charge in [-0.2, -0.15) is 0 Å². The lowest BCUT2D eigenvalue weighted by atomic mass is 10.0. The molecule has 118 valence electrons. The zero-order valence-corrected chi connectivity index (χ0v) is 13.2. The molecular formula is C18H29NO2. The monoisotopic (exact) mass is 291 g/mol. The van der Waals surface area contributed by atoms with Crippen molar-refractivity contribution in [3.63, 3.8) is 0 Å². The van der Waals surface area contributed by atoms with E-state index in [0.29, 0.717) is 19.4 Å². The Kier molecular flexibility index (Phi) is 9.55. The minimum atomic E-state index is -0.339. The van der Waals surface area contributed by atoms with E-state index in [2.05, 4.69) is 12.2 Å². The smallest absolute Gasteiger partial charge is 0.220 e. The number of unbranched alkanes of at least 4 members (excludes halogenated alkanes) is 4. The maximum Gasteiger partial charge on any atom is 0.220 e. The topological polar surface area (TPSA) is 49.3 Å². The van der Waals surface area contributed by atoms with Crippen molar-refractivity contribution in [2.75, 3.05) is 0 Å². The van der Waals surface area contributed by atoms with Gasteiger partial charge >= 0.3 is 0 Å². The van der Waals surface area contributed by atoms with Gasteiger partial charge in [-0.25, -0.2) is 0 Å². The molecule has 0 unspecified atom stereocenters. The lowest BCUT2D eigenvalue weighted by molar-refractivity contribution is -0.121. The Balaban J connectivity index is 2.04. The van der Waals surface area contributed by atoms with Gasteiger partial charge in [0.2, 0.25) is 5.91 Å². The van der Waals surface area contributed by atoms with Crippen LogP contribution in [0.4, 0.5) is 0 Å². The summed E-state index contributed by atoms with van der Waals surface area (Å²) in [4.78, 5) is 11.7. The summed E-state index contributed by atoms with van der Waals surface area (Å²) in [5.41, 5.74) is 1.10. The molecule has 0 fully saturated rings. The minimum absolute atomic E-state index is 0.0175. The number of benzene rings is 1. The summed E-state index contributed by atoms with van der Waals surface area (Å²) in [5.74, 6) is 0.0175. The van der Waals surface area contributed by atoms with Gasteiger partial charge in [-0.3, -0.25) is 4.79 Å². The van der Waals surface area contributed by atoms with Crippen molar-refractivity contribution >= 4 is 5.91 Å². The lowest BCUT2D eigenvalue weighted by Gasteiger charge is -2.10. The SMILES string of the molecule is CCCCCCC[C@@H](O)CCC(=O)NCc1ccccc1. The fourth-order valence-corrected chi connectivity index (χ4v) is 2.31. The molecule has 0 bridgehead atoms. The van der Waals surface area contributed by atoms with Crippen LogP contribution in [-0.2, 0) is 11.3 Å². The van der Waals surface area contributed by atoms with Gasteiger partial charge in [0.25, 0.3) is 0 Å². The second-order valence-corrected chi connectivity index (χ2v) is 5.66. The van der Waals surface area contributed by atoms with Crippen LogP contribution in [0, 0.1) is 0 Å². The van der Waals surface area contributed by atoms with Gasteiger partial charge in [-0.15, -0.1) is 0 Å². The van der Waals surface area contributed by atoms with Crippen molar-refractivity contribution in [1.82, 2.24) is 5.32 Å². The largest absolute Gasteiger partial charge is 0.393 e. The molecule has 0 radical (unpaired) electrons. The Morgan fingerprint density at radius 3 is 2.52 bits per heavy atom. The molecule has 0 aliphatic rings. The fraction of sp³-hybridized carbons (Fsp3) is 0.611. The molecule has 1 amide bonds. The molecule has 0 saturated heterocycles. The van der Waals surface area contributed by atoms with Gasteiger partial charge in [0, 0.05) is 13.0 Å². The number of amides is 1. The summed E-state index contributed by atoms with van der Waals surface area (Å²) < 4.78 is 0. The highest BCUT2D eigenvalue weighted by atomic mass is 16.3. The lowest BCUT2D eigenvalue weighted by Crippen LogP contribution is -2.24. The molecule has 1 aromatic carbocycles. The third-order valence-electron chi connectivity index (χ3n) is 3.68. The van der Waals surface area contributed by atoms with Crippen LogP contribution < -0.4 is 5.32 Å². The molecule has 0 aromatic heterocycles. The second kappa shape index (κ2) is 11.3. The first-order valence-corrected chi connectivity index (χ1v) is 8.21. The Labute approximate surface area is 128 Å². The maximum atomic E-state index is 11.7. The van der Waals surface area contributed by atoms with Crippen LogP contribution >= 0.6 is 0 Å². The summed E-state index contributed by atoms with van der Waals surface area (Å²) in [7, 11) is 0. The molecule has 21 heavy (non-hydrogen) atoms. The van der Waals surface area contributed by atoms with Crippen molar-refractivity contribution < 1.29 is 9.90 Å². The first-order valence-electron chi connectivity index (χ1n) is 8.21. The standard InChI is InChI=1S/C18H29NO2/c1-2-3-4-5-9-12-17(20)13-14-18(21)19-15-16-10-7-6-8-11-16/h6-8,10-11,17,20H,2-5,9,12-15H2,1H3,(H,19,21)/t17-/m1/s1. The van der Waals surface area contributed by atoms with E-state index in [9.17, 15) is 9.90 Å². The molecule has 0 aliphatic heterocycles. The summed E-state index contributed by atoms with van der Waals surface area (Å²) >= 11 is 0. The Hall–Kier alpha value is -1.35. The van der Waals surface area contributed by atoms with Gasteiger partial charge in [0.1, 0.15) is 0 Å². The number of hydrogen-bond donors (Lipinski definition) is 2. The van der Waals surface area contributed by atoms with E-state index < -0.39 is 0 Å².